The number of rotatable bonds is 3. The van der Waals surface area contributed by atoms with E-state index in [4.69, 9.17) is 4.74 Å². The minimum Gasteiger partial charge on any atom is -0.504 e. The smallest absolute Gasteiger partial charge is 0.160 e. The lowest BCUT2D eigenvalue weighted by Crippen LogP contribution is -2.16. The summed E-state index contributed by atoms with van der Waals surface area (Å²) in [6.45, 7) is 11.1. The van der Waals surface area contributed by atoms with Crippen molar-refractivity contribution in [2.45, 2.75) is 40.5 Å². The molecule has 2 nitrogen and oxygen atoms in total. The van der Waals surface area contributed by atoms with Crippen molar-refractivity contribution in [3.05, 3.63) is 23.8 Å². The van der Waals surface area contributed by atoms with Gasteiger partial charge in [-0.3, -0.25) is 0 Å². The van der Waals surface area contributed by atoms with Gasteiger partial charge in [-0.1, -0.05) is 40.7 Å². The van der Waals surface area contributed by atoms with Gasteiger partial charge in [-0.15, -0.1) is 0 Å². The molecule has 0 heterocycles. The monoisotopic (exact) mass is 222 g/mol. The van der Waals surface area contributed by atoms with Crippen LogP contribution >= 0.6 is 0 Å². The molecule has 0 fully saturated rings. The van der Waals surface area contributed by atoms with Gasteiger partial charge >= 0.3 is 0 Å². The zero-order valence-electron chi connectivity index (χ0n) is 10.9. The summed E-state index contributed by atoms with van der Waals surface area (Å²) in [6.07, 6.45) is 0. The summed E-state index contributed by atoms with van der Waals surface area (Å²) >= 11 is 0. The van der Waals surface area contributed by atoms with Crippen LogP contribution in [0.3, 0.4) is 0 Å². The Morgan fingerprint density at radius 1 is 1.25 bits per heavy atom. The van der Waals surface area contributed by atoms with Gasteiger partial charge < -0.3 is 9.84 Å². The Hall–Kier alpha value is -1.18. The molecule has 0 bridgehead atoms. The number of phenols is 1. The lowest BCUT2D eigenvalue weighted by molar-refractivity contribution is 0.192. The standard InChI is InChI=1S/C14H22O2/c1-10(2)11-6-7-13(12(15)8-11)16-9-14(3,4)5/h6-8,10,15H,9H2,1-5H3. The second-order valence-electron chi connectivity index (χ2n) is 5.73. The van der Waals surface area contributed by atoms with Crippen LogP contribution in [0.15, 0.2) is 18.2 Å². The average Bonchev–Trinajstić information content (AvgIpc) is 2.14. The quantitative estimate of drug-likeness (QED) is 0.839. The molecule has 0 amide bonds. The molecule has 0 saturated heterocycles. The molecule has 0 aliphatic heterocycles. The van der Waals surface area contributed by atoms with Crippen LogP contribution < -0.4 is 4.74 Å². The Labute approximate surface area is 98.3 Å². The largest absolute Gasteiger partial charge is 0.504 e. The lowest BCUT2D eigenvalue weighted by Gasteiger charge is -2.19. The zero-order chi connectivity index (χ0) is 12.3. The van der Waals surface area contributed by atoms with E-state index < -0.39 is 0 Å². The predicted molar refractivity (Wildman–Crippen MR) is 67.1 cm³/mol. The number of ether oxygens (including phenoxy) is 1. The summed E-state index contributed by atoms with van der Waals surface area (Å²) in [5, 5.41) is 9.81. The molecule has 16 heavy (non-hydrogen) atoms. The molecular weight excluding hydrogens is 200 g/mol. The second kappa shape index (κ2) is 4.77. The maximum atomic E-state index is 9.81. The van der Waals surface area contributed by atoms with Gasteiger partial charge in [-0.05, 0) is 29.0 Å². The molecule has 1 aromatic rings. The van der Waals surface area contributed by atoms with Gasteiger partial charge in [-0.25, -0.2) is 0 Å². The van der Waals surface area contributed by atoms with Crippen LogP contribution in [0.1, 0.15) is 46.1 Å². The summed E-state index contributed by atoms with van der Waals surface area (Å²) < 4.78 is 5.59. The molecule has 90 valence electrons. The molecule has 0 unspecified atom stereocenters. The third-order valence-electron chi connectivity index (χ3n) is 2.31. The Morgan fingerprint density at radius 3 is 2.31 bits per heavy atom. The lowest BCUT2D eigenvalue weighted by atomic mass is 9.98. The summed E-state index contributed by atoms with van der Waals surface area (Å²) in [4.78, 5) is 0. The maximum Gasteiger partial charge on any atom is 0.160 e. The summed E-state index contributed by atoms with van der Waals surface area (Å²) in [6, 6.07) is 5.63. The highest BCUT2D eigenvalue weighted by molar-refractivity contribution is 5.42. The number of aromatic hydroxyl groups is 1. The Bertz CT molecular complexity index is 348. The summed E-state index contributed by atoms with van der Waals surface area (Å²) in [5.74, 6) is 1.22. The van der Waals surface area contributed by atoms with E-state index in [1.54, 1.807) is 6.07 Å². The fraction of sp³-hybridized carbons (Fsp3) is 0.571. The topological polar surface area (TPSA) is 29.5 Å². The van der Waals surface area contributed by atoms with E-state index in [0.717, 1.165) is 5.56 Å². The van der Waals surface area contributed by atoms with E-state index in [-0.39, 0.29) is 11.2 Å². The van der Waals surface area contributed by atoms with Gasteiger partial charge in [0.2, 0.25) is 0 Å². The highest BCUT2D eigenvalue weighted by atomic mass is 16.5. The fourth-order valence-corrected chi connectivity index (χ4v) is 1.31. The third-order valence-corrected chi connectivity index (χ3v) is 2.31. The minimum absolute atomic E-state index is 0.100. The van der Waals surface area contributed by atoms with Crippen molar-refractivity contribution in [1.82, 2.24) is 0 Å². The Morgan fingerprint density at radius 2 is 1.88 bits per heavy atom. The summed E-state index contributed by atoms with van der Waals surface area (Å²) in [5.41, 5.74) is 1.23. The molecule has 0 saturated carbocycles. The second-order valence-corrected chi connectivity index (χ2v) is 5.73. The molecular formula is C14H22O2. The van der Waals surface area contributed by atoms with Crippen LogP contribution in [0.25, 0.3) is 0 Å². The average molecular weight is 222 g/mol. The van der Waals surface area contributed by atoms with Crippen LogP contribution in [0, 0.1) is 5.41 Å². The van der Waals surface area contributed by atoms with Crippen molar-refractivity contribution in [2.24, 2.45) is 5.41 Å². The molecule has 2 heteroatoms. The van der Waals surface area contributed by atoms with Crippen molar-refractivity contribution in [2.75, 3.05) is 6.61 Å². The number of phenolic OH excluding ortho intramolecular Hbond substituents is 1. The third kappa shape index (κ3) is 3.76. The van der Waals surface area contributed by atoms with Crippen LogP contribution in [0.5, 0.6) is 11.5 Å². The van der Waals surface area contributed by atoms with Gasteiger partial charge in [-0.2, -0.15) is 0 Å². The molecule has 0 aromatic heterocycles. The van der Waals surface area contributed by atoms with Crippen LogP contribution in [0.2, 0.25) is 0 Å². The van der Waals surface area contributed by atoms with Crippen LogP contribution in [0.4, 0.5) is 0 Å². The Balaban J connectivity index is 2.76. The summed E-state index contributed by atoms with van der Waals surface area (Å²) in [7, 11) is 0. The molecule has 0 radical (unpaired) electrons. The highest BCUT2D eigenvalue weighted by Gasteiger charge is 2.13. The normalized spacial score (nSPS) is 11.9. The molecule has 0 aliphatic rings. The minimum atomic E-state index is 0.100. The maximum absolute atomic E-state index is 9.81. The molecule has 1 N–H and O–H groups in total. The number of benzene rings is 1. The van der Waals surface area contributed by atoms with Crippen LogP contribution in [-0.4, -0.2) is 11.7 Å². The van der Waals surface area contributed by atoms with E-state index in [9.17, 15) is 5.11 Å². The highest BCUT2D eigenvalue weighted by Crippen LogP contribution is 2.30. The SMILES string of the molecule is CC(C)c1ccc(OCC(C)(C)C)c(O)c1. The van der Waals surface area contributed by atoms with Crippen LogP contribution in [-0.2, 0) is 0 Å². The van der Waals surface area contributed by atoms with Gasteiger partial charge in [0.1, 0.15) is 0 Å². The van der Waals surface area contributed by atoms with E-state index in [2.05, 4.69) is 34.6 Å². The van der Waals surface area contributed by atoms with Gasteiger partial charge in [0.15, 0.2) is 11.5 Å². The van der Waals surface area contributed by atoms with E-state index in [1.807, 2.05) is 12.1 Å². The zero-order valence-corrected chi connectivity index (χ0v) is 10.9. The van der Waals surface area contributed by atoms with Crippen molar-refractivity contribution in [3.8, 4) is 11.5 Å². The molecule has 0 spiro atoms. The first-order chi connectivity index (χ1) is 7.29. The van der Waals surface area contributed by atoms with Crippen molar-refractivity contribution < 1.29 is 9.84 Å². The van der Waals surface area contributed by atoms with Crippen molar-refractivity contribution >= 4 is 0 Å². The van der Waals surface area contributed by atoms with Gasteiger partial charge in [0.05, 0.1) is 6.61 Å². The van der Waals surface area contributed by atoms with Crippen molar-refractivity contribution in [3.63, 3.8) is 0 Å². The molecule has 0 atom stereocenters. The van der Waals surface area contributed by atoms with Crippen molar-refractivity contribution in [1.29, 1.82) is 0 Å². The first-order valence-corrected chi connectivity index (χ1v) is 5.75. The predicted octanol–water partition coefficient (Wildman–Crippen LogP) is 3.94. The molecule has 1 aromatic carbocycles. The molecule has 1 rings (SSSR count). The van der Waals surface area contributed by atoms with E-state index in [1.165, 1.54) is 0 Å². The number of hydrogen-bond donors (Lipinski definition) is 1. The molecule has 0 aliphatic carbocycles. The number of hydrogen-bond acceptors (Lipinski definition) is 2. The first kappa shape index (κ1) is 12.9. The first-order valence-electron chi connectivity index (χ1n) is 5.75. The fourth-order valence-electron chi connectivity index (χ4n) is 1.31. The van der Waals surface area contributed by atoms with Gasteiger partial charge in [0.25, 0.3) is 0 Å². The van der Waals surface area contributed by atoms with Gasteiger partial charge in [0, 0.05) is 0 Å². The van der Waals surface area contributed by atoms with E-state index in [0.29, 0.717) is 18.3 Å². The van der Waals surface area contributed by atoms with E-state index >= 15 is 0 Å². The Kier molecular flexibility index (Phi) is 3.84.